The van der Waals surface area contributed by atoms with Crippen LogP contribution in [0.5, 0.6) is 0 Å². The second kappa shape index (κ2) is 8.26. The molecule has 14 heavy (non-hydrogen) atoms. The van der Waals surface area contributed by atoms with E-state index in [2.05, 4.69) is 18.5 Å². The zero-order chi connectivity index (χ0) is 10.8. The second-order valence-corrected chi connectivity index (χ2v) is 2.81. The van der Waals surface area contributed by atoms with Crippen molar-refractivity contribution in [3.63, 3.8) is 0 Å². The molecule has 0 aromatic heterocycles. The van der Waals surface area contributed by atoms with Crippen LogP contribution < -0.4 is 11.1 Å². The van der Waals surface area contributed by atoms with Crippen molar-refractivity contribution in [3.8, 4) is 0 Å². The van der Waals surface area contributed by atoms with Crippen LogP contribution in [0.3, 0.4) is 0 Å². The van der Waals surface area contributed by atoms with Gasteiger partial charge in [0.25, 0.3) is 5.91 Å². The van der Waals surface area contributed by atoms with Crippen molar-refractivity contribution < 1.29 is 4.79 Å². The minimum absolute atomic E-state index is 0.114. The van der Waals surface area contributed by atoms with Crippen LogP contribution in [-0.2, 0) is 4.79 Å². The van der Waals surface area contributed by atoms with Crippen molar-refractivity contribution in [2.24, 2.45) is 5.73 Å². The average molecular weight is 194 g/mol. The topological polar surface area (TPSA) is 55.1 Å². The number of allylic oxidation sites excluding steroid dienone is 2. The fraction of sp³-hybridized carbons (Fsp3) is 0.364. The van der Waals surface area contributed by atoms with Gasteiger partial charge in [-0.05, 0) is 19.4 Å². The molecule has 0 unspecified atom stereocenters. The van der Waals surface area contributed by atoms with Crippen molar-refractivity contribution in [2.45, 2.75) is 12.8 Å². The summed E-state index contributed by atoms with van der Waals surface area (Å²) in [6, 6.07) is 0. The van der Waals surface area contributed by atoms with Gasteiger partial charge in [0.15, 0.2) is 0 Å². The second-order valence-electron chi connectivity index (χ2n) is 2.81. The zero-order valence-electron chi connectivity index (χ0n) is 8.46. The third-order valence-corrected chi connectivity index (χ3v) is 1.70. The molecule has 3 nitrogen and oxygen atoms in total. The third-order valence-electron chi connectivity index (χ3n) is 1.70. The number of carbonyl (C=O) groups is 1. The molecule has 0 aromatic carbocycles. The highest BCUT2D eigenvalue weighted by Gasteiger charge is 2.02. The Morgan fingerprint density at radius 3 is 2.57 bits per heavy atom. The first-order valence-corrected chi connectivity index (χ1v) is 4.69. The predicted octanol–water partition coefficient (Wildman–Crippen LogP) is 1.14. The van der Waals surface area contributed by atoms with Crippen LogP contribution in [0, 0.1) is 0 Å². The molecule has 3 N–H and O–H groups in total. The van der Waals surface area contributed by atoms with Gasteiger partial charge in [0.2, 0.25) is 0 Å². The molecule has 0 bridgehead atoms. The van der Waals surface area contributed by atoms with Crippen LogP contribution in [0.15, 0.2) is 37.0 Å². The van der Waals surface area contributed by atoms with Crippen LogP contribution in [0.2, 0.25) is 0 Å². The molecule has 0 saturated heterocycles. The molecular formula is C11H18N2O. The molecule has 0 spiro atoms. The Morgan fingerprint density at radius 1 is 1.36 bits per heavy atom. The maximum absolute atomic E-state index is 11.4. The number of hydrogen-bond donors (Lipinski definition) is 2. The fourth-order valence-corrected chi connectivity index (χ4v) is 0.937. The number of hydrogen-bond acceptors (Lipinski definition) is 2. The molecule has 0 aromatic rings. The first-order chi connectivity index (χ1) is 6.76. The van der Waals surface area contributed by atoms with Crippen molar-refractivity contribution in [3.05, 3.63) is 37.0 Å². The van der Waals surface area contributed by atoms with Crippen LogP contribution >= 0.6 is 0 Å². The molecule has 0 atom stereocenters. The summed E-state index contributed by atoms with van der Waals surface area (Å²) in [7, 11) is 0. The van der Waals surface area contributed by atoms with Crippen molar-refractivity contribution in [2.75, 3.05) is 13.1 Å². The lowest BCUT2D eigenvalue weighted by molar-refractivity contribution is -0.117. The molecule has 0 aliphatic rings. The van der Waals surface area contributed by atoms with Gasteiger partial charge in [-0.3, -0.25) is 4.79 Å². The first-order valence-electron chi connectivity index (χ1n) is 4.69. The van der Waals surface area contributed by atoms with Gasteiger partial charge in [0.1, 0.15) is 0 Å². The Balaban J connectivity index is 3.87. The summed E-state index contributed by atoms with van der Waals surface area (Å²) >= 11 is 0. The summed E-state index contributed by atoms with van der Waals surface area (Å²) in [6.07, 6.45) is 6.54. The maximum atomic E-state index is 11.4. The Labute approximate surface area is 85.4 Å². The van der Waals surface area contributed by atoms with E-state index < -0.39 is 0 Å². The highest BCUT2D eigenvalue weighted by Crippen LogP contribution is 1.96. The fourth-order valence-electron chi connectivity index (χ4n) is 0.937. The summed E-state index contributed by atoms with van der Waals surface area (Å²) < 4.78 is 0. The van der Waals surface area contributed by atoms with Gasteiger partial charge >= 0.3 is 0 Å². The van der Waals surface area contributed by atoms with Crippen LogP contribution in [0.25, 0.3) is 0 Å². The Morgan fingerprint density at radius 2 is 2.07 bits per heavy atom. The summed E-state index contributed by atoms with van der Waals surface area (Å²) in [5.41, 5.74) is 5.86. The monoisotopic (exact) mass is 194 g/mol. The van der Waals surface area contributed by atoms with E-state index in [9.17, 15) is 4.79 Å². The average Bonchev–Trinajstić information content (AvgIpc) is 2.20. The van der Waals surface area contributed by atoms with Gasteiger partial charge in [-0.25, -0.2) is 0 Å². The molecule has 0 radical (unpaired) electrons. The van der Waals surface area contributed by atoms with Crippen LogP contribution in [-0.4, -0.2) is 19.0 Å². The molecule has 0 fully saturated rings. The highest BCUT2D eigenvalue weighted by atomic mass is 16.1. The zero-order valence-corrected chi connectivity index (χ0v) is 8.46. The van der Waals surface area contributed by atoms with E-state index in [0.717, 1.165) is 12.8 Å². The number of amides is 1. The molecule has 0 heterocycles. The number of rotatable bonds is 7. The molecule has 0 saturated carbocycles. The molecule has 78 valence electrons. The minimum Gasteiger partial charge on any atom is -0.352 e. The molecule has 0 aliphatic heterocycles. The molecule has 1 amide bonds. The lowest BCUT2D eigenvalue weighted by Crippen LogP contribution is -2.25. The Bertz CT molecular complexity index is 231. The Hall–Kier alpha value is -1.35. The summed E-state index contributed by atoms with van der Waals surface area (Å²) in [5, 5.41) is 2.77. The maximum Gasteiger partial charge on any atom is 0.251 e. The first kappa shape index (κ1) is 12.7. The quantitative estimate of drug-likeness (QED) is 0.363. The van der Waals surface area contributed by atoms with E-state index in [0.29, 0.717) is 18.7 Å². The van der Waals surface area contributed by atoms with E-state index in [1.54, 1.807) is 12.2 Å². The Kier molecular flexibility index (Phi) is 7.46. The summed E-state index contributed by atoms with van der Waals surface area (Å²) in [5.74, 6) is -0.114. The van der Waals surface area contributed by atoms with Gasteiger partial charge in [0, 0.05) is 12.1 Å². The number of carbonyl (C=O) groups excluding carboxylic acids is 1. The number of nitrogens with two attached hydrogens (primary N) is 1. The third kappa shape index (κ3) is 5.32. The standard InChI is InChI=1S/C11H18N2O/c1-3-7-10(4-2)11(14)13-9-6-5-8-12/h3-4,7H,1-2,5-6,8-9,12H2,(H,13,14)/b10-7+. The largest absolute Gasteiger partial charge is 0.352 e. The molecule has 3 heteroatoms. The SMILES string of the molecule is C=C/C=C(\C=C)C(=O)NCCCCN. The van der Waals surface area contributed by atoms with Crippen molar-refractivity contribution in [1.29, 1.82) is 0 Å². The van der Waals surface area contributed by atoms with E-state index in [1.165, 1.54) is 6.08 Å². The van der Waals surface area contributed by atoms with Gasteiger partial charge in [0.05, 0.1) is 0 Å². The normalized spacial score (nSPS) is 10.8. The van der Waals surface area contributed by atoms with Gasteiger partial charge < -0.3 is 11.1 Å². The number of unbranched alkanes of at least 4 members (excludes halogenated alkanes) is 1. The van der Waals surface area contributed by atoms with Gasteiger partial charge in [-0.1, -0.05) is 31.4 Å². The van der Waals surface area contributed by atoms with Crippen molar-refractivity contribution >= 4 is 5.91 Å². The molecule has 0 aliphatic carbocycles. The highest BCUT2D eigenvalue weighted by molar-refractivity contribution is 5.96. The van der Waals surface area contributed by atoms with E-state index in [4.69, 9.17) is 5.73 Å². The van der Waals surface area contributed by atoms with Gasteiger partial charge in [-0.15, -0.1) is 0 Å². The van der Waals surface area contributed by atoms with Crippen molar-refractivity contribution in [1.82, 2.24) is 5.32 Å². The van der Waals surface area contributed by atoms with E-state index in [1.807, 2.05) is 0 Å². The smallest absolute Gasteiger partial charge is 0.251 e. The lowest BCUT2D eigenvalue weighted by atomic mass is 10.2. The summed E-state index contributed by atoms with van der Waals surface area (Å²) in [6.45, 7) is 8.38. The van der Waals surface area contributed by atoms with E-state index >= 15 is 0 Å². The molecule has 0 rings (SSSR count). The summed E-state index contributed by atoms with van der Waals surface area (Å²) in [4.78, 5) is 11.4. The minimum atomic E-state index is -0.114. The molecular weight excluding hydrogens is 176 g/mol. The van der Waals surface area contributed by atoms with Gasteiger partial charge in [-0.2, -0.15) is 0 Å². The number of nitrogens with one attached hydrogen (secondary N) is 1. The predicted molar refractivity (Wildman–Crippen MR) is 59.8 cm³/mol. The lowest BCUT2D eigenvalue weighted by Gasteiger charge is -2.04. The van der Waals surface area contributed by atoms with E-state index in [-0.39, 0.29) is 5.91 Å². The van der Waals surface area contributed by atoms with Crippen LogP contribution in [0.4, 0.5) is 0 Å². The van der Waals surface area contributed by atoms with Crippen LogP contribution in [0.1, 0.15) is 12.8 Å².